The van der Waals surface area contributed by atoms with E-state index in [-0.39, 0.29) is 41.5 Å². The Morgan fingerprint density at radius 1 is 0.618 bits per heavy atom. The van der Waals surface area contributed by atoms with Crippen molar-refractivity contribution < 1.29 is 57.2 Å². The van der Waals surface area contributed by atoms with E-state index in [0.29, 0.717) is 50.6 Å². The van der Waals surface area contributed by atoms with Crippen LogP contribution in [0.4, 0.5) is 4.39 Å². The van der Waals surface area contributed by atoms with Crippen LogP contribution in [-0.2, 0) is 52.8 Å². The van der Waals surface area contributed by atoms with Crippen molar-refractivity contribution in [1.82, 2.24) is 0 Å². The molecule has 0 spiro atoms. The molecular formula is C40H48FN3O11. The number of methoxy groups -OCH3 is 1. The summed E-state index contributed by atoms with van der Waals surface area (Å²) in [5.41, 5.74) is 4.99. The van der Waals surface area contributed by atoms with Gasteiger partial charge in [0.15, 0.2) is 17.3 Å². The van der Waals surface area contributed by atoms with Gasteiger partial charge in [0.05, 0.1) is 20.2 Å². The van der Waals surface area contributed by atoms with Crippen LogP contribution in [0.2, 0.25) is 0 Å². The molecule has 3 aliphatic rings. The van der Waals surface area contributed by atoms with Crippen molar-refractivity contribution in [3.8, 4) is 0 Å². The standard InChI is InChI=1S/C14H17NO3.C13H16FNO3.C13H15NO5/c1-5-6-14(17)18-15-12-8-11(9(2)3)13(16)7-10(12)4;1-8(2)10-7-11(9(3)6-12(10)16)15-18-13(17)4-5-14;1-7(2)9-6-10(8(3)5-11(9)15)14-19-13(17)12(16)18-4/h5-9H,1-4H3;6-8H,4-5H2,1-3H3;5-7H,1-4H3. The van der Waals surface area contributed by atoms with Gasteiger partial charge >= 0.3 is 23.9 Å². The zero-order valence-electron chi connectivity index (χ0n) is 33.0. The van der Waals surface area contributed by atoms with E-state index in [4.69, 9.17) is 4.84 Å². The minimum Gasteiger partial charge on any atom is -0.461 e. The predicted molar refractivity (Wildman–Crippen MR) is 203 cm³/mol. The smallest absolute Gasteiger partial charge is 0.443 e. The summed E-state index contributed by atoms with van der Waals surface area (Å²) in [6.45, 7) is 17.5. The second-order valence-electron chi connectivity index (χ2n) is 13.0. The highest BCUT2D eigenvalue weighted by Crippen LogP contribution is 2.21. The average Bonchev–Trinajstić information content (AvgIpc) is 3.10. The van der Waals surface area contributed by atoms with Crippen molar-refractivity contribution in [3.05, 3.63) is 82.0 Å². The molecule has 3 aliphatic carbocycles. The Morgan fingerprint density at radius 2 is 0.982 bits per heavy atom. The molecule has 0 N–H and O–H groups in total. The highest BCUT2D eigenvalue weighted by molar-refractivity contribution is 6.30. The molecule has 3 rings (SSSR count). The Balaban J connectivity index is 0.000000413. The Morgan fingerprint density at radius 3 is 1.31 bits per heavy atom. The van der Waals surface area contributed by atoms with Crippen LogP contribution in [0, 0.1) is 17.8 Å². The molecule has 55 heavy (non-hydrogen) atoms. The topological polar surface area (TPSA) is 193 Å². The van der Waals surface area contributed by atoms with Crippen LogP contribution >= 0.6 is 0 Å². The number of esters is 1. The molecular weight excluding hydrogens is 717 g/mol. The quantitative estimate of drug-likeness (QED) is 0.0658. The van der Waals surface area contributed by atoms with Gasteiger partial charge in [-0.25, -0.2) is 19.2 Å². The van der Waals surface area contributed by atoms with Gasteiger partial charge in [0.2, 0.25) is 0 Å². The predicted octanol–water partition coefficient (Wildman–Crippen LogP) is 6.10. The zero-order chi connectivity index (χ0) is 42.0. The van der Waals surface area contributed by atoms with Gasteiger partial charge in [-0.05, 0) is 98.6 Å². The lowest BCUT2D eigenvalue weighted by atomic mass is 9.90. The summed E-state index contributed by atoms with van der Waals surface area (Å²) in [7, 11) is 1.07. The van der Waals surface area contributed by atoms with Crippen LogP contribution in [0.1, 0.15) is 75.7 Å². The molecule has 0 saturated carbocycles. The third kappa shape index (κ3) is 15.5. The molecule has 296 valence electrons. The molecule has 0 saturated heterocycles. The molecule has 0 amide bonds. The first-order valence-corrected chi connectivity index (χ1v) is 17.2. The summed E-state index contributed by atoms with van der Waals surface area (Å²) in [6.07, 6.45) is 11.7. The lowest BCUT2D eigenvalue weighted by Gasteiger charge is -2.14. The molecule has 0 atom stereocenters. The van der Waals surface area contributed by atoms with Crippen molar-refractivity contribution in [2.24, 2.45) is 33.2 Å². The van der Waals surface area contributed by atoms with E-state index >= 15 is 0 Å². The largest absolute Gasteiger partial charge is 0.461 e. The van der Waals surface area contributed by atoms with Crippen molar-refractivity contribution in [1.29, 1.82) is 0 Å². The monoisotopic (exact) mass is 765 g/mol. The fourth-order valence-electron chi connectivity index (χ4n) is 4.40. The minimum atomic E-state index is -1.21. The van der Waals surface area contributed by atoms with E-state index < -0.39 is 30.6 Å². The number of oxime groups is 3. The lowest BCUT2D eigenvalue weighted by Crippen LogP contribution is -2.19. The van der Waals surface area contributed by atoms with Crippen LogP contribution in [-0.4, -0.2) is 72.1 Å². The molecule has 0 bridgehead atoms. The molecule has 0 aromatic heterocycles. The third-order valence-corrected chi connectivity index (χ3v) is 7.51. The highest BCUT2D eigenvalue weighted by Gasteiger charge is 2.22. The first-order valence-electron chi connectivity index (χ1n) is 17.2. The van der Waals surface area contributed by atoms with E-state index in [1.165, 1.54) is 24.3 Å². The number of halogens is 1. The summed E-state index contributed by atoms with van der Waals surface area (Å²) < 4.78 is 16.1. The number of allylic oxidation sites excluding steroid dienone is 13. The maximum Gasteiger partial charge on any atom is 0.443 e. The molecule has 0 aromatic carbocycles. The first-order chi connectivity index (χ1) is 25.8. The van der Waals surface area contributed by atoms with Crippen molar-refractivity contribution >= 4 is 58.4 Å². The fourth-order valence-corrected chi connectivity index (χ4v) is 4.40. The maximum atomic E-state index is 11.9. The van der Waals surface area contributed by atoms with Gasteiger partial charge < -0.3 is 19.2 Å². The van der Waals surface area contributed by atoms with E-state index in [1.807, 2.05) is 41.5 Å². The van der Waals surface area contributed by atoms with Crippen LogP contribution in [0.25, 0.3) is 0 Å². The van der Waals surface area contributed by atoms with Gasteiger partial charge in [0.1, 0.15) is 17.1 Å². The second-order valence-corrected chi connectivity index (χ2v) is 13.0. The Hall–Kier alpha value is -5.99. The molecule has 0 aliphatic heterocycles. The normalized spacial score (nSPS) is 17.7. The van der Waals surface area contributed by atoms with Crippen molar-refractivity contribution in [2.75, 3.05) is 13.8 Å². The van der Waals surface area contributed by atoms with E-state index in [9.17, 15) is 38.0 Å². The molecule has 0 unspecified atom stereocenters. The Kier molecular flexibility index (Phi) is 19.6. The fraction of sp³-hybridized carbons (Fsp3) is 0.400. The minimum absolute atomic E-state index is 0.0127. The summed E-state index contributed by atoms with van der Waals surface area (Å²) in [5.74, 6) is -3.57. The Labute approximate surface area is 319 Å². The Bertz CT molecular complexity index is 1860. The highest BCUT2D eigenvalue weighted by atomic mass is 19.1. The van der Waals surface area contributed by atoms with Crippen LogP contribution < -0.4 is 0 Å². The summed E-state index contributed by atoms with van der Waals surface area (Å²) in [6, 6.07) is 0. The molecule has 15 heteroatoms. The molecule has 0 radical (unpaired) electrons. The zero-order valence-corrected chi connectivity index (χ0v) is 33.0. The number of hydrogen-bond donors (Lipinski definition) is 0. The summed E-state index contributed by atoms with van der Waals surface area (Å²) in [5, 5.41) is 11.0. The number of carbonyl (C=O) groups is 7. The number of ether oxygens (including phenoxy) is 1. The van der Waals surface area contributed by atoms with Gasteiger partial charge in [-0.2, -0.15) is 0 Å². The SMILES string of the molecule is CC1=CC(=O)C(C(C)C)=CC1=NOC(=O)CCF.CC=CC(=O)ON=C1C=C(C(C)C)C(=O)C=C1C.COC(=O)C(=O)ON=C1C=C(C(C)C)C(=O)C=C1C. The first kappa shape index (κ1) is 47.0. The van der Waals surface area contributed by atoms with Crippen LogP contribution in [0.3, 0.4) is 0 Å². The van der Waals surface area contributed by atoms with Crippen LogP contribution in [0.15, 0.2) is 97.5 Å². The van der Waals surface area contributed by atoms with E-state index in [0.717, 1.165) is 7.11 Å². The van der Waals surface area contributed by atoms with E-state index in [2.05, 4.69) is 29.9 Å². The average molecular weight is 766 g/mol. The van der Waals surface area contributed by atoms with Crippen LogP contribution in [0.5, 0.6) is 0 Å². The van der Waals surface area contributed by atoms with E-state index in [1.54, 1.807) is 52.0 Å². The molecule has 14 nitrogen and oxygen atoms in total. The maximum absolute atomic E-state index is 11.9. The van der Waals surface area contributed by atoms with Crippen molar-refractivity contribution in [3.63, 3.8) is 0 Å². The van der Waals surface area contributed by atoms with Gasteiger partial charge in [-0.15, -0.1) is 0 Å². The second kappa shape index (κ2) is 22.9. The summed E-state index contributed by atoms with van der Waals surface area (Å²) in [4.78, 5) is 92.9. The lowest BCUT2D eigenvalue weighted by molar-refractivity contribution is -0.165. The number of alkyl halides is 1. The van der Waals surface area contributed by atoms with Gasteiger partial charge in [0.25, 0.3) is 0 Å². The molecule has 0 heterocycles. The number of ketones is 3. The van der Waals surface area contributed by atoms with Gasteiger partial charge in [0, 0.05) is 22.8 Å². The molecule has 0 aromatic rings. The van der Waals surface area contributed by atoms with Crippen molar-refractivity contribution in [2.45, 2.75) is 75.7 Å². The van der Waals surface area contributed by atoms with Gasteiger partial charge in [-0.3, -0.25) is 18.8 Å². The van der Waals surface area contributed by atoms with Gasteiger partial charge in [-0.1, -0.05) is 63.1 Å². The number of nitrogens with zero attached hydrogens (tertiary/aromatic N) is 3. The number of carbonyl (C=O) groups excluding carboxylic acids is 7. The molecule has 0 fully saturated rings. The third-order valence-electron chi connectivity index (χ3n) is 7.51. The number of rotatable bonds is 9. The summed E-state index contributed by atoms with van der Waals surface area (Å²) >= 11 is 0. The number of hydrogen-bond acceptors (Lipinski definition) is 14.